The molecule has 0 spiro atoms. The second-order valence-corrected chi connectivity index (χ2v) is 9.60. The van der Waals surface area contributed by atoms with Crippen LogP contribution in [0.2, 0.25) is 10.0 Å². The van der Waals surface area contributed by atoms with Crippen LogP contribution in [0.15, 0.2) is 48.5 Å². The van der Waals surface area contributed by atoms with E-state index >= 15 is 0 Å². The van der Waals surface area contributed by atoms with Gasteiger partial charge in [-0.15, -0.1) is 0 Å². The van der Waals surface area contributed by atoms with E-state index in [4.69, 9.17) is 27.9 Å². The summed E-state index contributed by atoms with van der Waals surface area (Å²) in [6.07, 6.45) is 0.830. The van der Waals surface area contributed by atoms with Gasteiger partial charge < -0.3 is 14.7 Å². The molecule has 1 amide bonds. The lowest BCUT2D eigenvalue weighted by atomic mass is 9.67. The molecular formula is C25H29Cl2NO4. The first-order chi connectivity index (χ1) is 15.2. The maximum Gasteiger partial charge on any atom is 0.304 e. The topological polar surface area (TPSA) is 66.8 Å². The van der Waals surface area contributed by atoms with Crippen molar-refractivity contribution in [2.45, 2.75) is 51.1 Å². The van der Waals surface area contributed by atoms with Gasteiger partial charge in [0.2, 0.25) is 5.91 Å². The zero-order valence-electron chi connectivity index (χ0n) is 18.6. The number of carboxylic acids is 1. The number of benzene rings is 2. The van der Waals surface area contributed by atoms with Crippen LogP contribution in [-0.2, 0) is 14.3 Å². The van der Waals surface area contributed by atoms with Gasteiger partial charge in [-0.25, -0.2) is 0 Å². The average Bonchev–Trinajstić information content (AvgIpc) is 2.74. The Morgan fingerprint density at radius 2 is 1.88 bits per heavy atom. The number of carbonyl (C=O) groups excluding carboxylic acids is 1. The Kier molecular flexibility index (Phi) is 7.86. The summed E-state index contributed by atoms with van der Waals surface area (Å²) in [5.74, 6) is -1.31. The van der Waals surface area contributed by atoms with Crippen molar-refractivity contribution in [1.82, 2.24) is 4.90 Å². The number of amides is 1. The van der Waals surface area contributed by atoms with Gasteiger partial charge in [-0.2, -0.15) is 0 Å². The molecule has 0 radical (unpaired) electrons. The highest BCUT2D eigenvalue weighted by molar-refractivity contribution is 6.30. The molecule has 1 aliphatic heterocycles. The lowest BCUT2D eigenvalue weighted by Crippen LogP contribution is -2.57. The molecule has 0 saturated carbocycles. The lowest BCUT2D eigenvalue weighted by molar-refractivity contribution is -0.162. The highest BCUT2D eigenvalue weighted by atomic mass is 35.5. The van der Waals surface area contributed by atoms with E-state index in [1.165, 1.54) is 0 Å². The van der Waals surface area contributed by atoms with Crippen LogP contribution in [0.3, 0.4) is 0 Å². The fourth-order valence-corrected chi connectivity index (χ4v) is 5.19. The summed E-state index contributed by atoms with van der Waals surface area (Å²) >= 11 is 12.5. The van der Waals surface area contributed by atoms with Crippen LogP contribution in [0, 0.1) is 5.41 Å². The Morgan fingerprint density at radius 1 is 1.19 bits per heavy atom. The molecule has 1 saturated heterocycles. The zero-order chi connectivity index (χ0) is 23.5. The number of methoxy groups -OCH3 is 1. The van der Waals surface area contributed by atoms with E-state index in [1.807, 2.05) is 60.4 Å². The first kappa shape index (κ1) is 24.6. The molecule has 4 atom stereocenters. The number of piperidine rings is 1. The molecule has 2 aromatic rings. The number of halogens is 2. The van der Waals surface area contributed by atoms with Crippen molar-refractivity contribution in [3.05, 3.63) is 69.7 Å². The number of hydrogen-bond donors (Lipinski definition) is 1. The molecule has 0 bridgehead atoms. The molecule has 7 heteroatoms. The number of aliphatic carboxylic acids is 1. The van der Waals surface area contributed by atoms with E-state index < -0.39 is 11.4 Å². The van der Waals surface area contributed by atoms with Gasteiger partial charge in [0.05, 0.1) is 30.5 Å². The number of rotatable bonds is 8. The molecule has 0 aliphatic carbocycles. The van der Waals surface area contributed by atoms with Gasteiger partial charge in [-0.3, -0.25) is 9.59 Å². The van der Waals surface area contributed by atoms with Gasteiger partial charge in [0.1, 0.15) is 0 Å². The molecule has 3 rings (SSSR count). The highest BCUT2D eigenvalue weighted by Crippen LogP contribution is 2.52. The first-order valence-corrected chi connectivity index (χ1v) is 11.5. The molecule has 2 aromatic carbocycles. The van der Waals surface area contributed by atoms with Gasteiger partial charge in [-0.1, -0.05) is 61.3 Å². The van der Waals surface area contributed by atoms with E-state index in [0.717, 1.165) is 11.1 Å². The third kappa shape index (κ3) is 5.11. The molecule has 2 unspecified atom stereocenters. The minimum absolute atomic E-state index is 0.150. The van der Waals surface area contributed by atoms with E-state index in [9.17, 15) is 14.7 Å². The van der Waals surface area contributed by atoms with Crippen LogP contribution in [0.5, 0.6) is 0 Å². The van der Waals surface area contributed by atoms with Crippen LogP contribution in [-0.4, -0.2) is 41.6 Å². The predicted molar refractivity (Wildman–Crippen MR) is 126 cm³/mol. The van der Waals surface area contributed by atoms with E-state index in [2.05, 4.69) is 0 Å². The Bertz CT molecular complexity index is 965. The molecule has 5 nitrogen and oxygen atoms in total. The van der Waals surface area contributed by atoms with Crippen molar-refractivity contribution >= 4 is 35.1 Å². The van der Waals surface area contributed by atoms with Crippen molar-refractivity contribution in [3.63, 3.8) is 0 Å². The summed E-state index contributed by atoms with van der Waals surface area (Å²) in [4.78, 5) is 27.5. The van der Waals surface area contributed by atoms with Crippen LogP contribution in [0.4, 0.5) is 0 Å². The normalized spacial score (nSPS) is 24.4. The van der Waals surface area contributed by atoms with Crippen molar-refractivity contribution in [2.24, 2.45) is 5.41 Å². The number of likely N-dealkylation sites (tertiary alicyclic amines) is 1. The molecular weight excluding hydrogens is 449 g/mol. The fraction of sp³-hybridized carbons (Fsp3) is 0.440. The summed E-state index contributed by atoms with van der Waals surface area (Å²) in [6, 6.07) is 14.6. The van der Waals surface area contributed by atoms with Crippen LogP contribution in [0.1, 0.15) is 56.2 Å². The van der Waals surface area contributed by atoms with Gasteiger partial charge in [0.25, 0.3) is 0 Å². The number of ether oxygens (including phenoxy) is 1. The maximum absolute atomic E-state index is 13.9. The van der Waals surface area contributed by atoms with Crippen molar-refractivity contribution < 1.29 is 19.4 Å². The van der Waals surface area contributed by atoms with Gasteiger partial charge in [0, 0.05) is 23.1 Å². The fourth-order valence-electron chi connectivity index (χ4n) is 4.87. The standard InChI is InChI=1S/C25H29Cl2NO4/c1-4-20(15-32-3)28-23(16-8-10-18(26)11-9-16)21(17-6-5-7-19(27)12-17)13-25(2,24(28)31)14-22(29)30/h5-12,20-21,23H,4,13-15H2,1-3H3,(H,29,30)/t20?,21?,23-,25-/m1/s1. The largest absolute Gasteiger partial charge is 0.481 e. The van der Waals surface area contributed by atoms with E-state index in [1.54, 1.807) is 14.0 Å². The number of hydrogen-bond acceptors (Lipinski definition) is 3. The Balaban J connectivity index is 2.22. The molecule has 172 valence electrons. The van der Waals surface area contributed by atoms with Crippen LogP contribution >= 0.6 is 23.2 Å². The predicted octanol–water partition coefficient (Wildman–Crippen LogP) is 5.96. The third-order valence-electron chi connectivity index (χ3n) is 6.36. The number of nitrogens with zero attached hydrogens (tertiary/aromatic N) is 1. The summed E-state index contributed by atoms with van der Waals surface area (Å²) < 4.78 is 5.46. The van der Waals surface area contributed by atoms with Gasteiger partial charge in [-0.05, 0) is 48.2 Å². The van der Waals surface area contributed by atoms with Crippen LogP contribution < -0.4 is 0 Å². The molecule has 32 heavy (non-hydrogen) atoms. The molecule has 1 fully saturated rings. The molecule has 1 heterocycles. The third-order valence-corrected chi connectivity index (χ3v) is 6.84. The quantitative estimate of drug-likeness (QED) is 0.509. The average molecular weight is 478 g/mol. The SMILES string of the molecule is CCC(COC)N1C(=O)[C@@](C)(CC(=O)O)CC(c2cccc(Cl)c2)[C@H]1c1ccc(Cl)cc1. The smallest absolute Gasteiger partial charge is 0.304 e. The Labute approximate surface area is 199 Å². The summed E-state index contributed by atoms with van der Waals surface area (Å²) in [6.45, 7) is 4.12. The lowest BCUT2D eigenvalue weighted by Gasteiger charge is -2.51. The Hall–Kier alpha value is -2.08. The highest BCUT2D eigenvalue weighted by Gasteiger charge is 2.52. The monoisotopic (exact) mass is 477 g/mol. The summed E-state index contributed by atoms with van der Waals surface area (Å²) in [5, 5.41) is 10.8. The first-order valence-electron chi connectivity index (χ1n) is 10.7. The minimum atomic E-state index is -1.05. The van der Waals surface area contributed by atoms with E-state index in [-0.39, 0.29) is 30.3 Å². The summed E-state index contributed by atoms with van der Waals surface area (Å²) in [7, 11) is 1.61. The summed E-state index contributed by atoms with van der Waals surface area (Å²) in [5.41, 5.74) is 0.863. The van der Waals surface area contributed by atoms with Gasteiger partial charge in [0.15, 0.2) is 0 Å². The molecule has 1 aliphatic rings. The van der Waals surface area contributed by atoms with Gasteiger partial charge >= 0.3 is 5.97 Å². The number of carboxylic acid groups (broad SMARTS) is 1. The Morgan fingerprint density at radius 3 is 2.44 bits per heavy atom. The molecule has 0 aromatic heterocycles. The maximum atomic E-state index is 13.9. The zero-order valence-corrected chi connectivity index (χ0v) is 20.1. The second-order valence-electron chi connectivity index (χ2n) is 8.72. The van der Waals surface area contributed by atoms with Crippen molar-refractivity contribution in [3.8, 4) is 0 Å². The van der Waals surface area contributed by atoms with E-state index in [0.29, 0.717) is 29.5 Å². The molecule has 1 N–H and O–H groups in total. The number of carbonyl (C=O) groups is 2. The second kappa shape index (κ2) is 10.2. The minimum Gasteiger partial charge on any atom is -0.481 e. The van der Waals surface area contributed by atoms with Crippen LogP contribution in [0.25, 0.3) is 0 Å². The van der Waals surface area contributed by atoms with Crippen molar-refractivity contribution in [1.29, 1.82) is 0 Å². The van der Waals surface area contributed by atoms with Crippen molar-refractivity contribution in [2.75, 3.05) is 13.7 Å².